The first-order valence-corrected chi connectivity index (χ1v) is 6.52. The van der Waals surface area contributed by atoms with Gasteiger partial charge in [-0.2, -0.15) is 0 Å². The first-order valence-electron chi connectivity index (χ1n) is 5.72. The van der Waals surface area contributed by atoms with E-state index in [1.807, 2.05) is 43.3 Å². The summed E-state index contributed by atoms with van der Waals surface area (Å²) in [6.07, 6.45) is 1.53. The lowest BCUT2D eigenvalue weighted by atomic mass is 10.2. The lowest BCUT2D eigenvalue weighted by molar-refractivity contribution is 0.415. The van der Waals surface area contributed by atoms with Crippen molar-refractivity contribution in [3.05, 3.63) is 35.1 Å². The first-order chi connectivity index (χ1) is 9.15. The molecule has 1 N–H and O–H groups in total. The number of aromatic nitrogens is 2. The summed E-state index contributed by atoms with van der Waals surface area (Å²) in [4.78, 5) is 10.3. The van der Waals surface area contributed by atoms with E-state index >= 15 is 0 Å². The molecule has 1 heterocycles. The Morgan fingerprint density at radius 1 is 1.26 bits per heavy atom. The fourth-order valence-electron chi connectivity index (χ4n) is 1.72. The zero-order valence-electron chi connectivity index (χ0n) is 11.0. The van der Waals surface area contributed by atoms with Crippen molar-refractivity contribution in [1.82, 2.24) is 9.97 Å². The lowest BCUT2D eigenvalue weighted by Gasteiger charge is -2.21. The summed E-state index contributed by atoms with van der Waals surface area (Å²) >= 11 is 3.47. The largest absolute Gasteiger partial charge is 0.495 e. The van der Waals surface area contributed by atoms with Gasteiger partial charge >= 0.3 is 0 Å². The maximum absolute atomic E-state index is 5.38. The van der Waals surface area contributed by atoms with Gasteiger partial charge in [0.2, 0.25) is 0 Å². The smallest absolute Gasteiger partial charge is 0.142 e. The molecule has 6 heteroatoms. The van der Waals surface area contributed by atoms with Crippen molar-refractivity contribution in [1.29, 1.82) is 0 Å². The van der Waals surface area contributed by atoms with Crippen LogP contribution in [-0.2, 0) is 0 Å². The normalized spacial score (nSPS) is 10.1. The predicted molar refractivity (Wildman–Crippen MR) is 80.3 cm³/mol. The number of hydrogen-bond donors (Lipinski definition) is 1. The second kappa shape index (κ2) is 5.88. The molecule has 1 aromatic heterocycles. The Hall–Kier alpha value is -1.82. The standard InChI is InChI=1S/C13H15BrN4O/c1-15-12-7-13(17-8-16-12)18(2)10-6-9(14)4-5-11(10)19-3/h4-8H,1-3H3,(H,15,16,17). The van der Waals surface area contributed by atoms with Gasteiger partial charge in [-0.15, -0.1) is 0 Å². The maximum atomic E-state index is 5.38. The van der Waals surface area contributed by atoms with Gasteiger partial charge in [0, 0.05) is 24.6 Å². The lowest BCUT2D eigenvalue weighted by Crippen LogP contribution is -2.13. The van der Waals surface area contributed by atoms with Crippen molar-refractivity contribution in [2.45, 2.75) is 0 Å². The quantitative estimate of drug-likeness (QED) is 0.937. The maximum Gasteiger partial charge on any atom is 0.142 e. The molecule has 5 nitrogen and oxygen atoms in total. The summed E-state index contributed by atoms with van der Waals surface area (Å²) in [6.45, 7) is 0. The summed E-state index contributed by atoms with van der Waals surface area (Å²) in [6, 6.07) is 7.71. The van der Waals surface area contributed by atoms with Gasteiger partial charge in [0.25, 0.3) is 0 Å². The Kier molecular flexibility index (Phi) is 4.21. The summed E-state index contributed by atoms with van der Waals surface area (Å²) < 4.78 is 6.36. The molecule has 2 aromatic rings. The number of methoxy groups -OCH3 is 1. The van der Waals surface area contributed by atoms with Crippen LogP contribution in [0.4, 0.5) is 17.3 Å². The molecule has 0 aliphatic rings. The molecule has 0 unspecified atom stereocenters. The molecule has 100 valence electrons. The van der Waals surface area contributed by atoms with Crippen molar-refractivity contribution in [2.24, 2.45) is 0 Å². The number of rotatable bonds is 4. The van der Waals surface area contributed by atoms with Crippen LogP contribution in [0.1, 0.15) is 0 Å². The highest BCUT2D eigenvalue weighted by Crippen LogP contribution is 2.34. The zero-order valence-corrected chi connectivity index (χ0v) is 12.6. The van der Waals surface area contributed by atoms with E-state index in [9.17, 15) is 0 Å². The van der Waals surface area contributed by atoms with Crippen LogP contribution in [0.3, 0.4) is 0 Å². The molecule has 2 rings (SSSR count). The Labute approximate surface area is 120 Å². The molecular formula is C13H15BrN4O. The summed E-state index contributed by atoms with van der Waals surface area (Å²) in [5.74, 6) is 2.34. The minimum Gasteiger partial charge on any atom is -0.495 e. The molecule has 0 aliphatic heterocycles. The van der Waals surface area contributed by atoms with Crippen LogP contribution in [0.2, 0.25) is 0 Å². The van der Waals surface area contributed by atoms with Crippen molar-refractivity contribution in [3.8, 4) is 5.75 Å². The van der Waals surface area contributed by atoms with Crippen LogP contribution in [0, 0.1) is 0 Å². The average molecular weight is 323 g/mol. The number of nitrogens with zero attached hydrogens (tertiary/aromatic N) is 3. The predicted octanol–water partition coefficient (Wildman–Crippen LogP) is 3.06. The number of benzene rings is 1. The Morgan fingerprint density at radius 3 is 2.74 bits per heavy atom. The van der Waals surface area contributed by atoms with E-state index in [1.54, 1.807) is 7.11 Å². The Bertz CT molecular complexity index is 576. The van der Waals surface area contributed by atoms with Crippen molar-refractivity contribution < 1.29 is 4.74 Å². The van der Waals surface area contributed by atoms with Crippen LogP contribution < -0.4 is 15.0 Å². The average Bonchev–Trinajstić information content (AvgIpc) is 2.46. The number of anilines is 3. The number of halogens is 1. The van der Waals surface area contributed by atoms with Gasteiger partial charge in [-0.1, -0.05) is 15.9 Å². The molecule has 19 heavy (non-hydrogen) atoms. The first kappa shape index (κ1) is 13.6. The van der Waals surface area contributed by atoms with Crippen molar-refractivity contribution >= 4 is 33.3 Å². The van der Waals surface area contributed by atoms with Crippen LogP contribution in [0.25, 0.3) is 0 Å². The van der Waals surface area contributed by atoms with E-state index in [2.05, 4.69) is 31.2 Å². The number of ether oxygens (including phenoxy) is 1. The van der Waals surface area contributed by atoms with E-state index in [0.717, 1.165) is 27.5 Å². The highest BCUT2D eigenvalue weighted by atomic mass is 79.9. The molecule has 0 aliphatic carbocycles. The van der Waals surface area contributed by atoms with Gasteiger partial charge in [-0.05, 0) is 18.2 Å². The second-order valence-corrected chi connectivity index (χ2v) is 4.80. The molecule has 0 saturated heterocycles. The van der Waals surface area contributed by atoms with Gasteiger partial charge in [0.15, 0.2) is 0 Å². The van der Waals surface area contributed by atoms with Crippen molar-refractivity contribution in [2.75, 3.05) is 31.4 Å². The zero-order chi connectivity index (χ0) is 13.8. The molecule has 0 saturated carbocycles. The molecule has 0 atom stereocenters. The third-order valence-electron chi connectivity index (χ3n) is 2.75. The topological polar surface area (TPSA) is 50.3 Å². The molecular weight excluding hydrogens is 308 g/mol. The highest BCUT2D eigenvalue weighted by molar-refractivity contribution is 9.10. The third-order valence-corrected chi connectivity index (χ3v) is 3.25. The summed E-state index contributed by atoms with van der Waals surface area (Å²) in [5, 5.41) is 3.00. The van der Waals surface area contributed by atoms with Gasteiger partial charge in [0.05, 0.1) is 12.8 Å². The monoisotopic (exact) mass is 322 g/mol. The Morgan fingerprint density at radius 2 is 2.05 bits per heavy atom. The highest BCUT2D eigenvalue weighted by Gasteiger charge is 2.12. The Balaban J connectivity index is 2.42. The van der Waals surface area contributed by atoms with E-state index in [1.165, 1.54) is 6.33 Å². The molecule has 0 fully saturated rings. The summed E-state index contributed by atoms with van der Waals surface area (Å²) in [7, 11) is 5.41. The summed E-state index contributed by atoms with van der Waals surface area (Å²) in [5.41, 5.74) is 0.928. The van der Waals surface area contributed by atoms with E-state index in [-0.39, 0.29) is 0 Å². The number of hydrogen-bond acceptors (Lipinski definition) is 5. The van der Waals surface area contributed by atoms with Crippen LogP contribution >= 0.6 is 15.9 Å². The molecule has 0 amide bonds. The fourth-order valence-corrected chi connectivity index (χ4v) is 2.06. The fraction of sp³-hybridized carbons (Fsp3) is 0.231. The molecule has 0 bridgehead atoms. The minimum atomic E-state index is 0.769. The van der Waals surface area contributed by atoms with Crippen molar-refractivity contribution in [3.63, 3.8) is 0 Å². The van der Waals surface area contributed by atoms with Gasteiger partial charge in [0.1, 0.15) is 23.7 Å². The van der Waals surface area contributed by atoms with Gasteiger partial charge in [-0.3, -0.25) is 0 Å². The SMILES string of the molecule is CNc1cc(N(C)c2cc(Br)ccc2OC)ncn1. The molecule has 0 radical (unpaired) electrons. The van der Waals surface area contributed by atoms with E-state index in [4.69, 9.17) is 4.74 Å². The number of nitrogens with one attached hydrogen (secondary N) is 1. The van der Waals surface area contributed by atoms with Crippen LogP contribution in [0.5, 0.6) is 5.75 Å². The van der Waals surface area contributed by atoms with Gasteiger partial charge in [-0.25, -0.2) is 9.97 Å². The molecule has 1 aromatic carbocycles. The second-order valence-electron chi connectivity index (χ2n) is 3.89. The van der Waals surface area contributed by atoms with Crippen LogP contribution in [-0.4, -0.2) is 31.2 Å². The minimum absolute atomic E-state index is 0.769. The van der Waals surface area contributed by atoms with Gasteiger partial charge < -0.3 is 15.0 Å². The third kappa shape index (κ3) is 2.96. The van der Waals surface area contributed by atoms with E-state index in [0.29, 0.717) is 0 Å². The van der Waals surface area contributed by atoms with Crippen LogP contribution in [0.15, 0.2) is 35.1 Å². The van der Waals surface area contributed by atoms with E-state index < -0.39 is 0 Å². The molecule has 0 spiro atoms.